The fraction of sp³-hybridized carbons (Fsp3) is 0.368. The van der Waals surface area contributed by atoms with Crippen LogP contribution in [-0.2, 0) is 6.54 Å². The van der Waals surface area contributed by atoms with Crippen molar-refractivity contribution < 1.29 is 5.11 Å². The van der Waals surface area contributed by atoms with Crippen LogP contribution in [0.4, 0.5) is 0 Å². The molecule has 0 amide bonds. The summed E-state index contributed by atoms with van der Waals surface area (Å²) in [7, 11) is 0. The highest BCUT2D eigenvalue weighted by Crippen LogP contribution is 2.19. The lowest BCUT2D eigenvalue weighted by Gasteiger charge is -2.21. The van der Waals surface area contributed by atoms with Gasteiger partial charge in [0.2, 0.25) is 0 Å². The second kappa shape index (κ2) is 8.60. The van der Waals surface area contributed by atoms with Crippen LogP contribution in [0.5, 0.6) is 0 Å². The quantitative estimate of drug-likeness (QED) is 0.793. The summed E-state index contributed by atoms with van der Waals surface area (Å²) in [6.07, 6.45) is 2.37. The van der Waals surface area contributed by atoms with Crippen LogP contribution in [0.15, 0.2) is 54.6 Å². The molecule has 2 aromatic carbocycles. The number of rotatable bonds is 8. The van der Waals surface area contributed by atoms with Crippen molar-refractivity contribution in [2.45, 2.75) is 26.3 Å². The van der Waals surface area contributed by atoms with E-state index in [0.717, 1.165) is 19.6 Å². The second-order valence-corrected chi connectivity index (χ2v) is 5.42. The minimum Gasteiger partial charge on any atom is -0.395 e. The first kappa shape index (κ1) is 15.7. The number of unbranched alkanes of at least 4 members (excludes halogenated alkanes) is 1. The van der Waals surface area contributed by atoms with E-state index in [1.807, 2.05) is 6.07 Å². The predicted molar refractivity (Wildman–Crippen MR) is 89.1 cm³/mol. The molecule has 0 heterocycles. The molecule has 2 heteroatoms. The number of hydrogen-bond acceptors (Lipinski definition) is 2. The molecular weight excluding hydrogens is 258 g/mol. The predicted octanol–water partition coefficient (Wildman–Crippen LogP) is 3.95. The summed E-state index contributed by atoms with van der Waals surface area (Å²) in [6.45, 7) is 5.14. The zero-order valence-electron chi connectivity index (χ0n) is 12.8. The third-order valence-corrected chi connectivity index (χ3v) is 3.71. The van der Waals surface area contributed by atoms with Gasteiger partial charge in [0.25, 0.3) is 0 Å². The van der Waals surface area contributed by atoms with E-state index in [0.29, 0.717) is 0 Å². The summed E-state index contributed by atoms with van der Waals surface area (Å²) in [6, 6.07) is 19.2. The van der Waals surface area contributed by atoms with Crippen LogP contribution in [0.25, 0.3) is 11.1 Å². The van der Waals surface area contributed by atoms with Crippen molar-refractivity contribution in [3.05, 3.63) is 60.2 Å². The lowest BCUT2D eigenvalue weighted by atomic mass is 10.0. The van der Waals surface area contributed by atoms with Crippen molar-refractivity contribution in [1.29, 1.82) is 0 Å². The molecule has 0 saturated carbocycles. The van der Waals surface area contributed by atoms with Gasteiger partial charge in [0.15, 0.2) is 0 Å². The van der Waals surface area contributed by atoms with Gasteiger partial charge in [-0.25, -0.2) is 0 Å². The highest BCUT2D eigenvalue weighted by molar-refractivity contribution is 5.63. The smallest absolute Gasteiger partial charge is 0.0558 e. The fourth-order valence-corrected chi connectivity index (χ4v) is 2.48. The first-order valence-corrected chi connectivity index (χ1v) is 7.81. The molecule has 0 aromatic heterocycles. The zero-order chi connectivity index (χ0) is 14.9. The van der Waals surface area contributed by atoms with Gasteiger partial charge < -0.3 is 5.11 Å². The maximum absolute atomic E-state index is 9.17. The minimum atomic E-state index is 0.228. The van der Waals surface area contributed by atoms with Crippen LogP contribution in [0.2, 0.25) is 0 Å². The highest BCUT2D eigenvalue weighted by Gasteiger charge is 2.05. The lowest BCUT2D eigenvalue weighted by Crippen LogP contribution is -2.27. The van der Waals surface area contributed by atoms with Crippen molar-refractivity contribution in [2.24, 2.45) is 0 Å². The lowest BCUT2D eigenvalue weighted by molar-refractivity contribution is 0.188. The van der Waals surface area contributed by atoms with E-state index >= 15 is 0 Å². The van der Waals surface area contributed by atoms with Gasteiger partial charge in [0.05, 0.1) is 6.61 Å². The molecule has 0 bridgehead atoms. The van der Waals surface area contributed by atoms with Crippen molar-refractivity contribution in [1.82, 2.24) is 4.90 Å². The largest absolute Gasteiger partial charge is 0.395 e. The first-order valence-electron chi connectivity index (χ1n) is 7.81. The monoisotopic (exact) mass is 283 g/mol. The van der Waals surface area contributed by atoms with E-state index in [1.54, 1.807) is 0 Å². The Morgan fingerprint density at radius 1 is 0.857 bits per heavy atom. The zero-order valence-corrected chi connectivity index (χ0v) is 12.8. The van der Waals surface area contributed by atoms with Crippen molar-refractivity contribution in [3.8, 4) is 11.1 Å². The van der Waals surface area contributed by atoms with E-state index in [-0.39, 0.29) is 6.61 Å². The highest BCUT2D eigenvalue weighted by atomic mass is 16.3. The SMILES string of the molecule is CCCCN(CCO)Cc1ccc(-c2ccccc2)cc1. The molecule has 0 radical (unpaired) electrons. The Bertz CT molecular complexity index is 507. The molecule has 0 saturated heterocycles. The van der Waals surface area contributed by atoms with Gasteiger partial charge >= 0.3 is 0 Å². The molecule has 21 heavy (non-hydrogen) atoms. The molecule has 1 N–H and O–H groups in total. The third-order valence-electron chi connectivity index (χ3n) is 3.71. The van der Waals surface area contributed by atoms with Gasteiger partial charge in [0.1, 0.15) is 0 Å². The van der Waals surface area contributed by atoms with E-state index in [1.165, 1.54) is 29.5 Å². The summed E-state index contributed by atoms with van der Waals surface area (Å²) in [5, 5.41) is 9.17. The minimum absolute atomic E-state index is 0.228. The van der Waals surface area contributed by atoms with E-state index in [2.05, 4.69) is 60.4 Å². The fourth-order valence-electron chi connectivity index (χ4n) is 2.48. The molecule has 112 valence electrons. The normalized spacial score (nSPS) is 11.0. The summed E-state index contributed by atoms with van der Waals surface area (Å²) in [4.78, 5) is 2.32. The Morgan fingerprint density at radius 2 is 1.52 bits per heavy atom. The molecule has 0 fully saturated rings. The average molecular weight is 283 g/mol. The van der Waals surface area contributed by atoms with Crippen LogP contribution in [0.3, 0.4) is 0 Å². The van der Waals surface area contributed by atoms with Crippen LogP contribution in [0, 0.1) is 0 Å². The standard InChI is InChI=1S/C19H25NO/c1-2-3-13-20(14-15-21)16-17-9-11-19(12-10-17)18-7-5-4-6-8-18/h4-12,21H,2-3,13-16H2,1H3. The number of aliphatic hydroxyl groups excluding tert-OH is 1. The molecular formula is C19H25NO. The molecule has 2 rings (SSSR count). The van der Waals surface area contributed by atoms with Crippen molar-refractivity contribution in [2.75, 3.05) is 19.7 Å². The molecule has 2 aromatic rings. The number of hydrogen-bond donors (Lipinski definition) is 1. The number of nitrogens with zero attached hydrogens (tertiary/aromatic N) is 1. The summed E-state index contributed by atoms with van der Waals surface area (Å²) >= 11 is 0. The summed E-state index contributed by atoms with van der Waals surface area (Å²) < 4.78 is 0. The van der Waals surface area contributed by atoms with Gasteiger partial charge in [-0.2, -0.15) is 0 Å². The number of benzene rings is 2. The van der Waals surface area contributed by atoms with E-state index in [4.69, 9.17) is 5.11 Å². The van der Waals surface area contributed by atoms with Crippen LogP contribution in [0.1, 0.15) is 25.3 Å². The maximum atomic E-state index is 9.17. The number of aliphatic hydroxyl groups is 1. The first-order chi connectivity index (χ1) is 10.3. The Morgan fingerprint density at radius 3 is 2.14 bits per heavy atom. The van der Waals surface area contributed by atoms with Crippen LogP contribution in [-0.4, -0.2) is 29.7 Å². The van der Waals surface area contributed by atoms with Gasteiger partial charge in [-0.1, -0.05) is 67.9 Å². The molecule has 0 unspecified atom stereocenters. The van der Waals surface area contributed by atoms with Gasteiger partial charge in [-0.05, 0) is 29.7 Å². The Hall–Kier alpha value is -1.64. The molecule has 0 aliphatic heterocycles. The summed E-state index contributed by atoms with van der Waals surface area (Å²) in [5.41, 5.74) is 3.81. The molecule has 0 atom stereocenters. The van der Waals surface area contributed by atoms with Gasteiger partial charge in [-0.3, -0.25) is 4.90 Å². The van der Waals surface area contributed by atoms with Crippen molar-refractivity contribution >= 4 is 0 Å². The average Bonchev–Trinajstić information content (AvgIpc) is 2.54. The van der Waals surface area contributed by atoms with Crippen LogP contribution >= 0.6 is 0 Å². The molecule has 0 aliphatic carbocycles. The van der Waals surface area contributed by atoms with Gasteiger partial charge in [-0.15, -0.1) is 0 Å². The van der Waals surface area contributed by atoms with Gasteiger partial charge in [0, 0.05) is 13.1 Å². The van der Waals surface area contributed by atoms with E-state index < -0.39 is 0 Å². The molecule has 2 nitrogen and oxygen atoms in total. The second-order valence-electron chi connectivity index (χ2n) is 5.42. The Kier molecular flexibility index (Phi) is 6.45. The van der Waals surface area contributed by atoms with Crippen LogP contribution < -0.4 is 0 Å². The molecule has 0 spiro atoms. The maximum Gasteiger partial charge on any atom is 0.0558 e. The topological polar surface area (TPSA) is 23.5 Å². The Labute approximate surface area is 128 Å². The summed E-state index contributed by atoms with van der Waals surface area (Å²) in [5.74, 6) is 0. The van der Waals surface area contributed by atoms with E-state index in [9.17, 15) is 0 Å². The molecule has 0 aliphatic rings. The Balaban J connectivity index is 2.01. The third kappa shape index (κ3) is 5.00. The van der Waals surface area contributed by atoms with Crippen molar-refractivity contribution in [3.63, 3.8) is 0 Å².